The highest BCUT2D eigenvalue weighted by Gasteiger charge is 2.22. The Bertz CT molecular complexity index is 555. The number of nitrogens with one attached hydrogen (secondary N) is 2. The van der Waals surface area contributed by atoms with Gasteiger partial charge in [-0.3, -0.25) is 10.2 Å². The molecule has 2 N–H and O–H groups in total. The number of methoxy groups -OCH3 is 1. The Morgan fingerprint density at radius 2 is 2.21 bits per heavy atom. The molecule has 100 valence electrons. The van der Waals surface area contributed by atoms with E-state index in [0.717, 1.165) is 17.3 Å². The fourth-order valence-electron chi connectivity index (χ4n) is 1.64. The van der Waals surface area contributed by atoms with Crippen molar-refractivity contribution in [2.24, 2.45) is 0 Å². The lowest BCUT2D eigenvalue weighted by molar-refractivity contribution is -0.115. The largest absolute Gasteiger partial charge is 0.493 e. The molecule has 1 aliphatic heterocycles. The first kappa shape index (κ1) is 13.5. The predicted molar refractivity (Wildman–Crippen MR) is 75.6 cm³/mol. The van der Waals surface area contributed by atoms with Crippen LogP contribution < -0.4 is 14.8 Å². The summed E-state index contributed by atoms with van der Waals surface area (Å²) in [5.74, 6) is 1.04. The summed E-state index contributed by atoms with van der Waals surface area (Å²) in [5, 5.41) is 9.97. The van der Waals surface area contributed by atoms with Gasteiger partial charge in [0.05, 0.1) is 18.6 Å². The van der Waals surface area contributed by atoms with Gasteiger partial charge < -0.3 is 14.8 Å². The molecule has 0 radical (unpaired) electrons. The quantitative estimate of drug-likeness (QED) is 0.828. The minimum absolute atomic E-state index is 0.148. The van der Waals surface area contributed by atoms with Gasteiger partial charge >= 0.3 is 0 Å². The molecule has 0 aromatic heterocycles. The molecule has 1 aromatic carbocycles. The number of benzene rings is 1. The topological polar surface area (TPSA) is 71.4 Å². The molecule has 1 amide bonds. The highest BCUT2D eigenvalue weighted by molar-refractivity contribution is 8.18. The number of carbonyl (C=O) groups excluding carboxylic acids is 1. The summed E-state index contributed by atoms with van der Waals surface area (Å²) in [6, 6.07) is 5.44. The molecule has 1 aliphatic rings. The van der Waals surface area contributed by atoms with Gasteiger partial charge in [0.15, 0.2) is 16.7 Å². The first-order valence-corrected chi connectivity index (χ1v) is 6.56. The van der Waals surface area contributed by atoms with E-state index in [1.54, 1.807) is 19.3 Å². The van der Waals surface area contributed by atoms with Crippen LogP contribution in [-0.2, 0) is 4.79 Å². The van der Waals surface area contributed by atoms with E-state index in [0.29, 0.717) is 23.0 Å². The van der Waals surface area contributed by atoms with Crippen molar-refractivity contribution in [1.82, 2.24) is 5.32 Å². The van der Waals surface area contributed by atoms with Crippen molar-refractivity contribution in [3.05, 3.63) is 28.7 Å². The Morgan fingerprint density at radius 1 is 1.42 bits per heavy atom. The Kier molecular flexibility index (Phi) is 4.11. The molecular weight excluding hydrogens is 264 g/mol. The van der Waals surface area contributed by atoms with Gasteiger partial charge in [-0.15, -0.1) is 0 Å². The van der Waals surface area contributed by atoms with Gasteiger partial charge in [-0.1, -0.05) is 6.07 Å². The van der Waals surface area contributed by atoms with Crippen LogP contribution in [0.2, 0.25) is 0 Å². The normalized spacial score (nSPS) is 16.6. The second kappa shape index (κ2) is 5.79. The van der Waals surface area contributed by atoms with E-state index in [-0.39, 0.29) is 11.1 Å². The monoisotopic (exact) mass is 278 g/mol. The first-order chi connectivity index (χ1) is 9.13. The molecule has 5 nitrogen and oxygen atoms in total. The molecule has 2 rings (SSSR count). The van der Waals surface area contributed by atoms with E-state index in [4.69, 9.17) is 14.9 Å². The van der Waals surface area contributed by atoms with Crippen LogP contribution in [0.1, 0.15) is 12.5 Å². The number of carbonyl (C=O) groups is 1. The van der Waals surface area contributed by atoms with Crippen LogP contribution in [0.15, 0.2) is 23.1 Å². The standard InChI is InChI=1S/C13H14N2O3S/c1-3-18-10-6-8(4-5-9(10)17-2)7-11-12(16)15-13(14)19-11/h4-7H,3H2,1-2H3,(H2,14,15,16). The van der Waals surface area contributed by atoms with Crippen LogP contribution in [0.3, 0.4) is 0 Å². The Morgan fingerprint density at radius 3 is 2.79 bits per heavy atom. The fourth-order valence-corrected chi connectivity index (χ4v) is 2.35. The second-order valence-corrected chi connectivity index (χ2v) is 4.79. The lowest BCUT2D eigenvalue weighted by Gasteiger charge is -2.09. The average Bonchev–Trinajstić information content (AvgIpc) is 2.69. The average molecular weight is 278 g/mol. The third-order valence-electron chi connectivity index (χ3n) is 2.45. The summed E-state index contributed by atoms with van der Waals surface area (Å²) in [4.78, 5) is 12.0. The van der Waals surface area contributed by atoms with Gasteiger partial charge in [-0.05, 0) is 42.5 Å². The summed E-state index contributed by atoms with van der Waals surface area (Å²) < 4.78 is 10.7. The van der Waals surface area contributed by atoms with Gasteiger partial charge in [0.2, 0.25) is 0 Å². The van der Waals surface area contributed by atoms with Crippen molar-refractivity contribution in [1.29, 1.82) is 5.41 Å². The van der Waals surface area contributed by atoms with Crippen molar-refractivity contribution in [2.75, 3.05) is 13.7 Å². The molecule has 1 saturated heterocycles. The van der Waals surface area contributed by atoms with Crippen molar-refractivity contribution in [3.63, 3.8) is 0 Å². The van der Waals surface area contributed by atoms with E-state index in [2.05, 4.69) is 5.32 Å². The van der Waals surface area contributed by atoms with Crippen LogP contribution in [0.5, 0.6) is 11.5 Å². The van der Waals surface area contributed by atoms with Gasteiger partial charge in [-0.2, -0.15) is 0 Å². The van der Waals surface area contributed by atoms with Crippen molar-refractivity contribution >= 4 is 28.9 Å². The summed E-state index contributed by atoms with van der Waals surface area (Å²) in [6.45, 7) is 2.43. The van der Waals surface area contributed by atoms with Crippen molar-refractivity contribution < 1.29 is 14.3 Å². The first-order valence-electron chi connectivity index (χ1n) is 5.74. The molecule has 6 heteroatoms. The van der Waals surface area contributed by atoms with E-state index in [9.17, 15) is 4.79 Å². The molecule has 1 fully saturated rings. The van der Waals surface area contributed by atoms with Crippen LogP contribution >= 0.6 is 11.8 Å². The number of amidine groups is 1. The summed E-state index contributed by atoms with van der Waals surface area (Å²) in [5.41, 5.74) is 0.830. The fraction of sp³-hybridized carbons (Fsp3) is 0.231. The maximum absolute atomic E-state index is 11.5. The lowest BCUT2D eigenvalue weighted by atomic mass is 10.2. The minimum atomic E-state index is -0.247. The van der Waals surface area contributed by atoms with Crippen molar-refractivity contribution in [3.8, 4) is 11.5 Å². The Balaban J connectivity index is 2.31. The van der Waals surface area contributed by atoms with Crippen LogP contribution in [0.25, 0.3) is 6.08 Å². The second-order valence-electron chi connectivity index (χ2n) is 3.74. The highest BCUT2D eigenvalue weighted by atomic mass is 32.2. The lowest BCUT2D eigenvalue weighted by Crippen LogP contribution is -2.18. The number of ether oxygens (including phenoxy) is 2. The highest BCUT2D eigenvalue weighted by Crippen LogP contribution is 2.31. The summed E-state index contributed by atoms with van der Waals surface area (Å²) in [6.07, 6.45) is 1.73. The molecule has 0 bridgehead atoms. The van der Waals surface area contributed by atoms with Crippen LogP contribution in [0.4, 0.5) is 0 Å². The maximum atomic E-state index is 11.5. The predicted octanol–water partition coefficient (Wildman–Crippen LogP) is 2.23. The Hall–Kier alpha value is -1.95. The molecule has 0 unspecified atom stereocenters. The molecule has 0 spiro atoms. The number of hydrogen-bond acceptors (Lipinski definition) is 5. The maximum Gasteiger partial charge on any atom is 0.264 e. The number of amides is 1. The van der Waals surface area contributed by atoms with Gasteiger partial charge in [-0.25, -0.2) is 0 Å². The number of hydrogen-bond donors (Lipinski definition) is 2. The summed E-state index contributed by atoms with van der Waals surface area (Å²) >= 11 is 1.11. The summed E-state index contributed by atoms with van der Waals surface area (Å²) in [7, 11) is 1.58. The molecule has 1 aromatic rings. The molecule has 0 aliphatic carbocycles. The van der Waals surface area contributed by atoms with Gasteiger partial charge in [0.25, 0.3) is 5.91 Å². The molecule has 0 atom stereocenters. The molecule has 0 saturated carbocycles. The minimum Gasteiger partial charge on any atom is -0.493 e. The van der Waals surface area contributed by atoms with Crippen LogP contribution in [-0.4, -0.2) is 24.8 Å². The molecule has 1 heterocycles. The zero-order valence-electron chi connectivity index (χ0n) is 10.6. The smallest absolute Gasteiger partial charge is 0.264 e. The molecule has 19 heavy (non-hydrogen) atoms. The van der Waals surface area contributed by atoms with Crippen molar-refractivity contribution in [2.45, 2.75) is 6.92 Å². The van der Waals surface area contributed by atoms with Gasteiger partial charge in [0, 0.05) is 0 Å². The Labute approximate surface area is 115 Å². The SMILES string of the molecule is CCOc1cc(C=C2SC(=N)NC2=O)ccc1OC. The zero-order chi connectivity index (χ0) is 13.8. The zero-order valence-corrected chi connectivity index (χ0v) is 11.5. The molecular formula is C13H14N2O3S. The van der Waals surface area contributed by atoms with Gasteiger partial charge in [0.1, 0.15) is 0 Å². The number of rotatable bonds is 4. The van der Waals surface area contributed by atoms with E-state index in [1.807, 2.05) is 19.1 Å². The third kappa shape index (κ3) is 3.08. The van der Waals surface area contributed by atoms with E-state index >= 15 is 0 Å². The van der Waals surface area contributed by atoms with E-state index < -0.39 is 0 Å². The van der Waals surface area contributed by atoms with E-state index in [1.165, 1.54) is 0 Å². The number of thioether (sulfide) groups is 1. The third-order valence-corrected chi connectivity index (χ3v) is 3.28. The van der Waals surface area contributed by atoms with Crippen LogP contribution in [0, 0.1) is 5.41 Å².